The van der Waals surface area contributed by atoms with Crippen molar-refractivity contribution in [3.8, 4) is 5.75 Å². The van der Waals surface area contributed by atoms with Crippen molar-refractivity contribution in [1.29, 1.82) is 0 Å². The first-order valence-electron chi connectivity index (χ1n) is 10.2. The molecule has 0 saturated carbocycles. The normalized spacial score (nSPS) is 15.8. The highest BCUT2D eigenvalue weighted by Gasteiger charge is 2.12. The van der Waals surface area contributed by atoms with E-state index in [4.69, 9.17) is 24.4 Å². The Bertz CT molecular complexity index is 1060. The number of aliphatic hydroxyl groups is 2. The number of nitrogens with zero attached hydrogens (tertiary/aromatic N) is 1. The predicted octanol–water partition coefficient (Wildman–Crippen LogP) is 3.87. The number of hydrogen-bond acceptors (Lipinski definition) is 6. The van der Waals surface area contributed by atoms with E-state index in [9.17, 15) is 0 Å². The molecule has 6 nitrogen and oxygen atoms in total. The van der Waals surface area contributed by atoms with E-state index in [2.05, 4.69) is 11.1 Å². The van der Waals surface area contributed by atoms with E-state index in [1.165, 1.54) is 0 Å². The molecule has 0 spiro atoms. The third-order valence-corrected chi connectivity index (χ3v) is 4.83. The van der Waals surface area contributed by atoms with Gasteiger partial charge in [0.1, 0.15) is 24.7 Å². The van der Waals surface area contributed by atoms with Crippen molar-refractivity contribution >= 4 is 10.9 Å². The molecule has 1 unspecified atom stereocenters. The SMILES string of the molecule is OC(O)COc1ccc(COC2=CC(OCc3ccc4ccccc4n3)CC=C2)cc1. The van der Waals surface area contributed by atoms with Gasteiger partial charge in [0.25, 0.3) is 0 Å². The maximum atomic E-state index is 8.85. The van der Waals surface area contributed by atoms with Crippen molar-refractivity contribution in [3.63, 3.8) is 0 Å². The molecule has 2 aromatic carbocycles. The van der Waals surface area contributed by atoms with Crippen LogP contribution in [0.4, 0.5) is 0 Å². The maximum Gasteiger partial charge on any atom is 0.186 e. The Hall–Kier alpha value is -3.19. The van der Waals surface area contributed by atoms with Crippen LogP contribution in [0.25, 0.3) is 10.9 Å². The van der Waals surface area contributed by atoms with Crippen molar-refractivity contribution in [2.24, 2.45) is 0 Å². The number of fused-ring (bicyclic) bond motifs is 1. The quantitative estimate of drug-likeness (QED) is 0.513. The number of aliphatic hydroxyl groups excluding tert-OH is 1. The predicted molar refractivity (Wildman–Crippen MR) is 117 cm³/mol. The van der Waals surface area contributed by atoms with Crippen LogP contribution in [-0.2, 0) is 22.7 Å². The van der Waals surface area contributed by atoms with Gasteiger partial charge in [-0.15, -0.1) is 0 Å². The Morgan fingerprint density at radius 1 is 0.935 bits per heavy atom. The lowest BCUT2D eigenvalue weighted by Gasteiger charge is -2.18. The molecule has 2 N–H and O–H groups in total. The van der Waals surface area contributed by atoms with Gasteiger partial charge in [-0.3, -0.25) is 4.98 Å². The third kappa shape index (κ3) is 6.15. The summed E-state index contributed by atoms with van der Waals surface area (Å²) >= 11 is 0. The molecule has 1 heterocycles. The molecule has 1 aliphatic rings. The standard InChI is InChI=1S/C25H25NO5/c27-25(28)17-31-21-12-8-18(9-13-21)15-29-22-5-3-6-23(14-22)30-16-20-11-10-19-4-1-2-7-24(19)26-20/h1-5,7-14,23,25,27-28H,6,15-17H2. The molecule has 4 rings (SSSR count). The van der Waals surface area contributed by atoms with Crippen molar-refractivity contribution in [3.05, 3.63) is 95.9 Å². The van der Waals surface area contributed by atoms with E-state index in [1.807, 2.05) is 60.7 Å². The van der Waals surface area contributed by atoms with Crippen LogP contribution < -0.4 is 4.74 Å². The molecule has 1 aromatic heterocycles. The first-order valence-corrected chi connectivity index (χ1v) is 10.2. The van der Waals surface area contributed by atoms with Crippen LogP contribution in [0.3, 0.4) is 0 Å². The van der Waals surface area contributed by atoms with Crippen molar-refractivity contribution in [1.82, 2.24) is 4.98 Å². The fraction of sp³-hybridized carbons (Fsp3) is 0.240. The van der Waals surface area contributed by atoms with E-state index >= 15 is 0 Å². The van der Waals surface area contributed by atoms with Crippen LogP contribution in [0, 0.1) is 0 Å². The Balaban J connectivity index is 1.28. The van der Waals surface area contributed by atoms with Crippen LogP contribution in [0.5, 0.6) is 5.75 Å². The van der Waals surface area contributed by atoms with E-state index in [-0.39, 0.29) is 12.7 Å². The van der Waals surface area contributed by atoms with Gasteiger partial charge in [0, 0.05) is 5.39 Å². The minimum atomic E-state index is -1.49. The molecule has 0 saturated heterocycles. The van der Waals surface area contributed by atoms with Gasteiger partial charge in [0.2, 0.25) is 0 Å². The van der Waals surface area contributed by atoms with Crippen LogP contribution >= 0.6 is 0 Å². The number of allylic oxidation sites excluding steroid dienone is 1. The Labute approximate surface area is 181 Å². The maximum absolute atomic E-state index is 8.85. The minimum absolute atomic E-state index is 0.0612. The summed E-state index contributed by atoms with van der Waals surface area (Å²) in [6, 6.07) is 19.4. The molecule has 0 amide bonds. The molecule has 3 aromatic rings. The molecular weight excluding hydrogens is 394 g/mol. The van der Waals surface area contributed by atoms with Crippen LogP contribution in [0.2, 0.25) is 0 Å². The summed E-state index contributed by atoms with van der Waals surface area (Å²) in [6.07, 6.45) is 5.23. The summed E-state index contributed by atoms with van der Waals surface area (Å²) in [5.74, 6) is 1.34. The lowest BCUT2D eigenvalue weighted by Crippen LogP contribution is -2.15. The molecule has 0 aliphatic heterocycles. The first kappa shape index (κ1) is 21.1. The molecule has 0 radical (unpaired) electrons. The van der Waals surface area contributed by atoms with Crippen LogP contribution in [0.1, 0.15) is 17.7 Å². The van der Waals surface area contributed by atoms with Gasteiger partial charge < -0.3 is 24.4 Å². The molecular formula is C25H25NO5. The highest BCUT2D eigenvalue weighted by molar-refractivity contribution is 5.78. The zero-order chi connectivity index (χ0) is 21.5. The van der Waals surface area contributed by atoms with E-state index in [0.717, 1.165) is 34.3 Å². The van der Waals surface area contributed by atoms with Gasteiger partial charge in [-0.1, -0.05) is 42.5 Å². The zero-order valence-electron chi connectivity index (χ0n) is 17.1. The average Bonchev–Trinajstić information content (AvgIpc) is 2.81. The van der Waals surface area contributed by atoms with Crippen LogP contribution in [-0.4, -0.2) is 34.2 Å². The average molecular weight is 419 g/mol. The third-order valence-electron chi connectivity index (χ3n) is 4.83. The van der Waals surface area contributed by atoms with Gasteiger partial charge in [-0.05, 0) is 48.4 Å². The summed E-state index contributed by atoms with van der Waals surface area (Å²) in [7, 11) is 0. The number of para-hydroxylation sites is 1. The highest BCUT2D eigenvalue weighted by Crippen LogP contribution is 2.19. The van der Waals surface area contributed by atoms with Gasteiger partial charge in [-0.2, -0.15) is 0 Å². The minimum Gasteiger partial charge on any atom is -0.489 e. The Morgan fingerprint density at radius 3 is 2.61 bits per heavy atom. The lowest BCUT2D eigenvalue weighted by molar-refractivity contribution is -0.0680. The van der Waals surface area contributed by atoms with E-state index in [1.54, 1.807) is 12.1 Å². The smallest absolute Gasteiger partial charge is 0.186 e. The Kier molecular flexibility index (Phi) is 6.94. The second kappa shape index (κ2) is 10.2. The summed E-state index contributed by atoms with van der Waals surface area (Å²) < 4.78 is 17.2. The number of aromatic nitrogens is 1. The second-order valence-corrected chi connectivity index (χ2v) is 7.28. The first-order chi connectivity index (χ1) is 15.2. The number of benzene rings is 2. The van der Waals surface area contributed by atoms with Crippen molar-refractivity contribution < 1.29 is 24.4 Å². The van der Waals surface area contributed by atoms with Gasteiger partial charge >= 0.3 is 0 Å². The summed E-state index contributed by atoms with van der Waals surface area (Å²) in [6.45, 7) is 0.693. The van der Waals surface area contributed by atoms with Crippen LogP contribution in [0.15, 0.2) is 84.7 Å². The number of ether oxygens (including phenoxy) is 3. The molecule has 31 heavy (non-hydrogen) atoms. The topological polar surface area (TPSA) is 81.0 Å². The van der Waals surface area contributed by atoms with E-state index < -0.39 is 6.29 Å². The lowest BCUT2D eigenvalue weighted by atomic mass is 10.1. The summed E-state index contributed by atoms with van der Waals surface area (Å²) in [5, 5.41) is 18.8. The molecule has 0 fully saturated rings. The summed E-state index contributed by atoms with van der Waals surface area (Å²) in [5.41, 5.74) is 2.85. The van der Waals surface area contributed by atoms with Crippen molar-refractivity contribution in [2.45, 2.75) is 32.0 Å². The highest BCUT2D eigenvalue weighted by atomic mass is 16.5. The molecule has 160 valence electrons. The fourth-order valence-electron chi connectivity index (χ4n) is 3.24. The monoisotopic (exact) mass is 419 g/mol. The fourth-order valence-corrected chi connectivity index (χ4v) is 3.24. The molecule has 0 bridgehead atoms. The number of hydrogen-bond donors (Lipinski definition) is 2. The van der Waals surface area contributed by atoms with Gasteiger partial charge in [-0.25, -0.2) is 0 Å². The number of rotatable bonds is 9. The van der Waals surface area contributed by atoms with E-state index in [0.29, 0.717) is 19.0 Å². The van der Waals surface area contributed by atoms with Crippen molar-refractivity contribution in [2.75, 3.05) is 6.61 Å². The van der Waals surface area contributed by atoms with Gasteiger partial charge in [0.05, 0.1) is 23.9 Å². The molecule has 6 heteroatoms. The largest absolute Gasteiger partial charge is 0.489 e. The zero-order valence-corrected chi connectivity index (χ0v) is 17.1. The second-order valence-electron chi connectivity index (χ2n) is 7.28. The Morgan fingerprint density at radius 2 is 1.77 bits per heavy atom. The number of pyridine rings is 1. The molecule has 1 atom stereocenters. The van der Waals surface area contributed by atoms with Gasteiger partial charge in [0.15, 0.2) is 6.29 Å². The molecule has 1 aliphatic carbocycles. The summed E-state index contributed by atoms with van der Waals surface area (Å²) in [4.78, 5) is 4.65.